The second-order valence-corrected chi connectivity index (χ2v) is 2.76. The first-order valence-electron chi connectivity index (χ1n) is 3.65. The molecule has 0 aliphatic carbocycles. The molecule has 0 bridgehead atoms. The summed E-state index contributed by atoms with van der Waals surface area (Å²) < 4.78 is 2.07. The highest BCUT2D eigenvalue weighted by molar-refractivity contribution is 5.94. The normalized spacial score (nSPS) is 13.5. The summed E-state index contributed by atoms with van der Waals surface area (Å²) in [5.41, 5.74) is 1.94. The number of allylic oxidation sites excluding steroid dienone is 1. The van der Waals surface area contributed by atoms with Gasteiger partial charge in [0, 0.05) is 24.0 Å². The molecule has 0 amide bonds. The standard InChI is InChI=1S/C9H9NO/c1-7(11)8-5-9-3-2-4-10(9)6-8/h2-3,5-6H,4H2,1H3. The third-order valence-electron chi connectivity index (χ3n) is 1.93. The van der Waals surface area contributed by atoms with Crippen molar-refractivity contribution in [2.75, 3.05) is 0 Å². The number of fused-ring (bicyclic) bond motifs is 1. The van der Waals surface area contributed by atoms with E-state index in [2.05, 4.69) is 10.6 Å². The molecule has 1 aromatic heterocycles. The number of ketones is 1. The molecule has 0 saturated heterocycles. The van der Waals surface area contributed by atoms with Crippen LogP contribution in [0.5, 0.6) is 0 Å². The zero-order valence-electron chi connectivity index (χ0n) is 6.37. The SMILES string of the molecule is CC(=O)c1cc2n(c1)CC=C2. The van der Waals surface area contributed by atoms with Gasteiger partial charge in [0.15, 0.2) is 5.78 Å². The smallest absolute Gasteiger partial charge is 0.161 e. The Morgan fingerprint density at radius 1 is 1.64 bits per heavy atom. The number of carbonyl (C=O) groups is 1. The predicted molar refractivity (Wildman–Crippen MR) is 43.5 cm³/mol. The van der Waals surface area contributed by atoms with Crippen LogP contribution >= 0.6 is 0 Å². The van der Waals surface area contributed by atoms with Crippen molar-refractivity contribution in [3.8, 4) is 0 Å². The van der Waals surface area contributed by atoms with Gasteiger partial charge >= 0.3 is 0 Å². The topological polar surface area (TPSA) is 22.0 Å². The Morgan fingerprint density at radius 3 is 3.09 bits per heavy atom. The van der Waals surface area contributed by atoms with Gasteiger partial charge in [0.2, 0.25) is 0 Å². The van der Waals surface area contributed by atoms with Crippen LogP contribution in [-0.2, 0) is 6.54 Å². The van der Waals surface area contributed by atoms with E-state index in [-0.39, 0.29) is 5.78 Å². The number of hydrogen-bond donors (Lipinski definition) is 0. The van der Waals surface area contributed by atoms with Crippen LogP contribution in [0.25, 0.3) is 6.08 Å². The molecule has 0 aromatic carbocycles. The van der Waals surface area contributed by atoms with Crippen molar-refractivity contribution >= 4 is 11.9 Å². The molecular weight excluding hydrogens is 138 g/mol. The van der Waals surface area contributed by atoms with Crippen molar-refractivity contribution in [1.82, 2.24) is 4.57 Å². The minimum Gasteiger partial charge on any atom is -0.343 e. The molecule has 0 radical (unpaired) electrons. The van der Waals surface area contributed by atoms with E-state index in [1.165, 1.54) is 0 Å². The van der Waals surface area contributed by atoms with Crippen LogP contribution in [-0.4, -0.2) is 10.4 Å². The Labute approximate surface area is 65.1 Å². The van der Waals surface area contributed by atoms with E-state index in [9.17, 15) is 4.79 Å². The summed E-state index contributed by atoms with van der Waals surface area (Å²) in [5.74, 6) is 0.139. The molecule has 1 aromatic rings. The van der Waals surface area contributed by atoms with Crippen molar-refractivity contribution < 1.29 is 4.79 Å². The fourth-order valence-corrected chi connectivity index (χ4v) is 1.30. The lowest BCUT2D eigenvalue weighted by Crippen LogP contribution is -1.90. The van der Waals surface area contributed by atoms with E-state index in [1.807, 2.05) is 18.3 Å². The number of carbonyl (C=O) groups excluding carboxylic acids is 1. The van der Waals surface area contributed by atoms with Crippen molar-refractivity contribution in [2.24, 2.45) is 0 Å². The van der Waals surface area contributed by atoms with Crippen molar-refractivity contribution in [3.63, 3.8) is 0 Å². The molecule has 0 saturated carbocycles. The van der Waals surface area contributed by atoms with Gasteiger partial charge < -0.3 is 4.57 Å². The Bertz CT molecular complexity index is 333. The van der Waals surface area contributed by atoms with Gasteiger partial charge in [0.1, 0.15) is 0 Å². The van der Waals surface area contributed by atoms with Gasteiger partial charge in [-0.25, -0.2) is 0 Å². The third kappa shape index (κ3) is 0.909. The fraction of sp³-hybridized carbons (Fsp3) is 0.222. The molecule has 0 atom stereocenters. The first-order valence-corrected chi connectivity index (χ1v) is 3.65. The van der Waals surface area contributed by atoms with E-state index in [1.54, 1.807) is 6.92 Å². The Morgan fingerprint density at radius 2 is 2.45 bits per heavy atom. The highest BCUT2D eigenvalue weighted by Gasteiger charge is 2.08. The Kier molecular flexibility index (Phi) is 1.22. The lowest BCUT2D eigenvalue weighted by molar-refractivity contribution is 0.101. The number of aromatic nitrogens is 1. The van der Waals surface area contributed by atoms with Gasteiger partial charge in [-0.05, 0) is 19.1 Å². The molecule has 1 aliphatic rings. The van der Waals surface area contributed by atoms with Crippen LogP contribution in [0.15, 0.2) is 18.3 Å². The molecular formula is C9H9NO. The molecule has 11 heavy (non-hydrogen) atoms. The zero-order chi connectivity index (χ0) is 7.84. The summed E-state index contributed by atoms with van der Waals surface area (Å²) in [6, 6.07) is 1.92. The van der Waals surface area contributed by atoms with E-state index in [4.69, 9.17) is 0 Å². The molecule has 2 heteroatoms. The van der Waals surface area contributed by atoms with Crippen LogP contribution in [0, 0.1) is 0 Å². The maximum Gasteiger partial charge on any atom is 0.161 e. The number of hydrogen-bond acceptors (Lipinski definition) is 1. The predicted octanol–water partition coefficient (Wildman–Crippen LogP) is 1.72. The van der Waals surface area contributed by atoms with Gasteiger partial charge in [-0.2, -0.15) is 0 Å². The fourth-order valence-electron chi connectivity index (χ4n) is 1.30. The summed E-state index contributed by atoms with van der Waals surface area (Å²) in [6.07, 6.45) is 6.02. The number of Topliss-reactive ketones (excluding diaryl/α,β-unsaturated/α-hetero) is 1. The lowest BCUT2D eigenvalue weighted by Gasteiger charge is -1.91. The van der Waals surface area contributed by atoms with Gasteiger partial charge in [0.05, 0.1) is 0 Å². The lowest BCUT2D eigenvalue weighted by atomic mass is 10.2. The summed E-state index contributed by atoms with van der Waals surface area (Å²) in [6.45, 7) is 2.50. The monoisotopic (exact) mass is 147 g/mol. The van der Waals surface area contributed by atoms with Crippen LogP contribution in [0.2, 0.25) is 0 Å². The average Bonchev–Trinajstić information content (AvgIpc) is 2.40. The van der Waals surface area contributed by atoms with Crippen molar-refractivity contribution in [1.29, 1.82) is 0 Å². The van der Waals surface area contributed by atoms with Gasteiger partial charge in [-0.3, -0.25) is 4.79 Å². The second kappa shape index (κ2) is 2.09. The minimum atomic E-state index is 0.139. The Hall–Kier alpha value is -1.31. The van der Waals surface area contributed by atoms with Gasteiger partial charge in [-0.1, -0.05) is 6.08 Å². The quantitative estimate of drug-likeness (QED) is 0.554. The van der Waals surface area contributed by atoms with E-state index < -0.39 is 0 Å². The molecule has 0 unspecified atom stereocenters. The highest BCUT2D eigenvalue weighted by Crippen LogP contribution is 2.15. The summed E-state index contributed by atoms with van der Waals surface area (Å²) in [5, 5.41) is 0. The molecule has 0 spiro atoms. The number of rotatable bonds is 1. The molecule has 56 valence electrons. The van der Waals surface area contributed by atoms with Gasteiger partial charge in [0.25, 0.3) is 0 Å². The summed E-state index contributed by atoms with van der Waals surface area (Å²) in [7, 11) is 0. The maximum atomic E-state index is 10.9. The minimum absolute atomic E-state index is 0.139. The molecule has 2 nitrogen and oxygen atoms in total. The molecule has 0 fully saturated rings. The average molecular weight is 147 g/mol. The molecule has 0 N–H and O–H groups in total. The first kappa shape index (κ1) is 6.40. The zero-order valence-corrected chi connectivity index (χ0v) is 6.37. The second-order valence-electron chi connectivity index (χ2n) is 2.76. The van der Waals surface area contributed by atoms with Crippen LogP contribution < -0.4 is 0 Å². The summed E-state index contributed by atoms with van der Waals surface area (Å²) in [4.78, 5) is 10.9. The largest absolute Gasteiger partial charge is 0.343 e. The first-order chi connectivity index (χ1) is 5.27. The van der Waals surface area contributed by atoms with Crippen molar-refractivity contribution in [2.45, 2.75) is 13.5 Å². The van der Waals surface area contributed by atoms with Crippen LogP contribution in [0.4, 0.5) is 0 Å². The highest BCUT2D eigenvalue weighted by atomic mass is 16.1. The third-order valence-corrected chi connectivity index (χ3v) is 1.93. The van der Waals surface area contributed by atoms with Crippen molar-refractivity contribution in [3.05, 3.63) is 29.6 Å². The molecule has 2 rings (SSSR count). The Balaban J connectivity index is 2.49. The van der Waals surface area contributed by atoms with E-state index >= 15 is 0 Å². The van der Waals surface area contributed by atoms with Gasteiger partial charge in [-0.15, -0.1) is 0 Å². The molecule has 1 aliphatic heterocycles. The van der Waals surface area contributed by atoms with E-state index in [0.29, 0.717) is 0 Å². The number of nitrogens with zero attached hydrogens (tertiary/aromatic N) is 1. The maximum absolute atomic E-state index is 10.9. The van der Waals surface area contributed by atoms with Crippen LogP contribution in [0.1, 0.15) is 23.0 Å². The van der Waals surface area contributed by atoms with E-state index in [0.717, 1.165) is 17.8 Å². The summed E-state index contributed by atoms with van der Waals surface area (Å²) >= 11 is 0. The van der Waals surface area contributed by atoms with Crippen LogP contribution in [0.3, 0.4) is 0 Å². The molecule has 2 heterocycles.